The molecule has 4 aliphatic carbocycles. The molecule has 4 fully saturated rings. The Morgan fingerprint density at radius 3 is 2.30 bits per heavy atom. The molecule has 4 saturated carbocycles. The maximum Gasteiger partial charge on any atom is 0.297 e. The van der Waals surface area contributed by atoms with Crippen LogP contribution in [0.1, 0.15) is 104 Å². The zero-order valence-electron chi connectivity index (χ0n) is 21.4. The Kier molecular flexibility index (Phi) is 5.84. The topological polar surface area (TPSA) is 43.4 Å². The fourth-order valence-corrected chi connectivity index (χ4v) is 9.77. The van der Waals surface area contributed by atoms with E-state index >= 15 is 0 Å². The van der Waals surface area contributed by atoms with Gasteiger partial charge in [0.15, 0.2) is 0 Å². The molecule has 0 N–H and O–H groups in total. The van der Waals surface area contributed by atoms with Gasteiger partial charge in [0.25, 0.3) is 10.1 Å². The number of hydrogen-bond acceptors (Lipinski definition) is 3. The van der Waals surface area contributed by atoms with Gasteiger partial charge in [0.05, 0.1) is 11.0 Å². The van der Waals surface area contributed by atoms with Crippen LogP contribution in [0.4, 0.5) is 0 Å². The average Bonchev–Trinajstić information content (AvgIpc) is 3.15. The highest BCUT2D eigenvalue weighted by Crippen LogP contribution is 2.66. The molecule has 0 saturated heterocycles. The van der Waals surface area contributed by atoms with Gasteiger partial charge in [0.2, 0.25) is 0 Å². The molecule has 0 aromatic heterocycles. The number of rotatable bonds is 3. The molecule has 1 aromatic carbocycles. The minimum absolute atomic E-state index is 0.00483. The van der Waals surface area contributed by atoms with E-state index in [0.29, 0.717) is 21.6 Å². The molecule has 184 valence electrons. The van der Waals surface area contributed by atoms with Gasteiger partial charge < -0.3 is 0 Å². The normalized spacial score (nSPS) is 41.2. The maximum absolute atomic E-state index is 13.1. The van der Waals surface area contributed by atoms with Gasteiger partial charge in [0.1, 0.15) is 0 Å². The molecule has 1 aromatic rings. The lowest BCUT2D eigenvalue weighted by atomic mass is 9.45. The van der Waals surface area contributed by atoms with Crippen LogP contribution >= 0.6 is 0 Å². The quantitative estimate of drug-likeness (QED) is 0.428. The summed E-state index contributed by atoms with van der Waals surface area (Å²) in [7, 11) is -3.72. The molecule has 0 aliphatic heterocycles. The van der Waals surface area contributed by atoms with Crippen LogP contribution in [0.5, 0.6) is 0 Å². The molecule has 7 atom stereocenters. The van der Waals surface area contributed by atoms with Crippen molar-refractivity contribution in [2.45, 2.75) is 115 Å². The van der Waals surface area contributed by atoms with Gasteiger partial charge in [-0.25, -0.2) is 0 Å². The average molecular weight is 473 g/mol. The standard InChI is InChI=1S/C29H44O3S/c1-27(2,3)20-8-11-23(12-9-20)33(30,31)32-22-14-18-29(5)21(19-22)10-13-24-25-7-6-16-28(25,4)17-15-26(24)29/h8-9,11-12,21-22,24-26H,6-7,10,13-19H2,1-5H3/t21-,22+,24-,25+,26+,28-,29-/m0/s1. The van der Waals surface area contributed by atoms with Gasteiger partial charge in [-0.1, -0.05) is 53.2 Å². The molecule has 0 bridgehead atoms. The van der Waals surface area contributed by atoms with Crippen molar-refractivity contribution in [3.05, 3.63) is 29.8 Å². The highest BCUT2D eigenvalue weighted by atomic mass is 32.2. The monoisotopic (exact) mass is 472 g/mol. The van der Waals surface area contributed by atoms with E-state index < -0.39 is 10.1 Å². The first-order chi connectivity index (χ1) is 15.4. The van der Waals surface area contributed by atoms with Crippen molar-refractivity contribution in [2.24, 2.45) is 34.5 Å². The molecule has 0 unspecified atom stereocenters. The van der Waals surface area contributed by atoms with E-state index in [2.05, 4.69) is 34.6 Å². The zero-order valence-corrected chi connectivity index (χ0v) is 22.2. The summed E-state index contributed by atoms with van der Waals surface area (Å²) >= 11 is 0. The largest absolute Gasteiger partial charge is 0.297 e. The van der Waals surface area contributed by atoms with Gasteiger partial charge >= 0.3 is 0 Å². The molecule has 5 rings (SSSR count). The molecule has 0 heterocycles. The summed E-state index contributed by atoms with van der Waals surface area (Å²) in [5.41, 5.74) is 2.11. The van der Waals surface area contributed by atoms with Gasteiger partial charge in [0, 0.05) is 0 Å². The third kappa shape index (κ3) is 4.11. The van der Waals surface area contributed by atoms with Crippen LogP contribution in [0, 0.1) is 34.5 Å². The van der Waals surface area contributed by atoms with Crippen LogP contribution in [0.25, 0.3) is 0 Å². The molecule has 4 heteroatoms. The molecule has 33 heavy (non-hydrogen) atoms. The summed E-state index contributed by atoms with van der Waals surface area (Å²) in [6.07, 6.45) is 12.4. The summed E-state index contributed by atoms with van der Waals surface area (Å²) in [5, 5.41) is 0. The van der Waals surface area contributed by atoms with Gasteiger partial charge in [-0.05, 0) is 115 Å². The van der Waals surface area contributed by atoms with E-state index in [4.69, 9.17) is 4.18 Å². The lowest BCUT2D eigenvalue weighted by molar-refractivity contribution is -0.117. The molecule has 0 amide bonds. The Morgan fingerprint density at radius 1 is 0.879 bits per heavy atom. The smallest absolute Gasteiger partial charge is 0.263 e. The van der Waals surface area contributed by atoms with Gasteiger partial charge in [-0.3, -0.25) is 4.18 Å². The van der Waals surface area contributed by atoms with E-state index in [1.54, 1.807) is 12.1 Å². The summed E-state index contributed by atoms with van der Waals surface area (Å²) in [4.78, 5) is 0.292. The molecule has 0 radical (unpaired) electrons. The Labute approximate surface area is 202 Å². The van der Waals surface area contributed by atoms with Crippen LogP contribution in [0.3, 0.4) is 0 Å². The second kappa shape index (κ2) is 8.08. The lowest BCUT2D eigenvalue weighted by Gasteiger charge is -2.60. The van der Waals surface area contributed by atoms with Crippen molar-refractivity contribution < 1.29 is 12.6 Å². The highest BCUT2D eigenvalue weighted by molar-refractivity contribution is 7.86. The number of fused-ring (bicyclic) bond motifs is 5. The Hall–Kier alpha value is -0.870. The van der Waals surface area contributed by atoms with Crippen molar-refractivity contribution >= 4 is 10.1 Å². The van der Waals surface area contributed by atoms with Crippen molar-refractivity contribution in [1.29, 1.82) is 0 Å². The van der Waals surface area contributed by atoms with E-state index in [-0.39, 0.29) is 11.5 Å². The maximum atomic E-state index is 13.1. The van der Waals surface area contributed by atoms with Crippen LogP contribution < -0.4 is 0 Å². The molecule has 0 spiro atoms. The van der Waals surface area contributed by atoms with Crippen molar-refractivity contribution in [3.8, 4) is 0 Å². The van der Waals surface area contributed by atoms with Crippen LogP contribution in [-0.4, -0.2) is 14.5 Å². The van der Waals surface area contributed by atoms with E-state index in [1.807, 2.05) is 12.1 Å². The summed E-state index contributed by atoms with van der Waals surface area (Å²) in [6, 6.07) is 7.29. The zero-order chi connectivity index (χ0) is 23.6. The summed E-state index contributed by atoms with van der Waals surface area (Å²) in [5.74, 6) is 3.26. The Morgan fingerprint density at radius 2 is 1.61 bits per heavy atom. The van der Waals surface area contributed by atoms with Gasteiger partial charge in [-0.15, -0.1) is 0 Å². The summed E-state index contributed by atoms with van der Waals surface area (Å²) in [6.45, 7) is 11.5. The van der Waals surface area contributed by atoms with Crippen molar-refractivity contribution in [3.63, 3.8) is 0 Å². The minimum atomic E-state index is -3.72. The van der Waals surface area contributed by atoms with Crippen LogP contribution in [0.2, 0.25) is 0 Å². The van der Waals surface area contributed by atoms with E-state index in [1.165, 1.54) is 44.9 Å². The third-order valence-corrected chi connectivity index (χ3v) is 12.0. The third-order valence-electron chi connectivity index (χ3n) is 10.7. The second-order valence-electron chi connectivity index (χ2n) is 13.5. The fraction of sp³-hybridized carbons (Fsp3) is 0.793. The second-order valence-corrected chi connectivity index (χ2v) is 15.0. The number of benzene rings is 1. The minimum Gasteiger partial charge on any atom is -0.263 e. The van der Waals surface area contributed by atoms with Crippen LogP contribution in [-0.2, 0) is 19.7 Å². The van der Waals surface area contributed by atoms with Crippen molar-refractivity contribution in [2.75, 3.05) is 0 Å². The first-order valence-corrected chi connectivity index (χ1v) is 14.9. The fourth-order valence-electron chi connectivity index (χ4n) is 8.66. The van der Waals surface area contributed by atoms with Crippen LogP contribution in [0.15, 0.2) is 29.2 Å². The first kappa shape index (κ1) is 23.9. The lowest BCUT2D eigenvalue weighted by Crippen LogP contribution is -2.53. The SMILES string of the molecule is CC(C)(C)c1ccc(S(=O)(=O)O[C@@H]2CC[C@@]3(C)[C@@H](CC[C@H]4[C@H]5CCC[C@@]5(C)CC[C@H]43)C2)cc1. The Balaban J connectivity index is 1.27. The van der Waals surface area contributed by atoms with E-state index in [0.717, 1.165) is 42.6 Å². The van der Waals surface area contributed by atoms with Gasteiger partial charge in [-0.2, -0.15) is 8.42 Å². The first-order valence-electron chi connectivity index (χ1n) is 13.5. The molecular weight excluding hydrogens is 428 g/mol. The summed E-state index contributed by atoms with van der Waals surface area (Å²) < 4.78 is 32.0. The Bertz CT molecular complexity index is 975. The molecule has 3 nitrogen and oxygen atoms in total. The van der Waals surface area contributed by atoms with Crippen molar-refractivity contribution in [1.82, 2.24) is 0 Å². The van der Waals surface area contributed by atoms with E-state index in [9.17, 15) is 8.42 Å². The molecular formula is C29H44O3S. The molecule has 4 aliphatic rings. The predicted molar refractivity (Wildman–Crippen MR) is 134 cm³/mol. The predicted octanol–water partition coefficient (Wildman–Crippen LogP) is 7.49. The number of hydrogen-bond donors (Lipinski definition) is 0. The highest BCUT2D eigenvalue weighted by Gasteiger charge is 2.58.